The molecule has 2 saturated heterocycles. The first-order valence-electron chi connectivity index (χ1n) is 8.07. The van der Waals surface area contributed by atoms with Crippen molar-refractivity contribution in [2.45, 2.75) is 31.7 Å². The average Bonchev–Trinajstić information content (AvgIpc) is 3.15. The van der Waals surface area contributed by atoms with E-state index in [0.29, 0.717) is 19.3 Å². The van der Waals surface area contributed by atoms with Crippen molar-refractivity contribution in [1.82, 2.24) is 4.90 Å². The zero-order valence-electron chi connectivity index (χ0n) is 13.2. The molecular weight excluding hydrogens is 312 g/mol. The number of carbonyl (C=O) groups excluding carboxylic acids is 1. The van der Waals surface area contributed by atoms with Gasteiger partial charge >= 0.3 is 12.1 Å². The fourth-order valence-corrected chi connectivity index (χ4v) is 3.58. The summed E-state index contributed by atoms with van der Waals surface area (Å²) in [7, 11) is 0. The summed E-state index contributed by atoms with van der Waals surface area (Å²) in [5.41, 5.74) is 1.90. The van der Waals surface area contributed by atoms with E-state index in [2.05, 4.69) is 0 Å². The molecule has 0 radical (unpaired) electrons. The van der Waals surface area contributed by atoms with E-state index in [4.69, 9.17) is 10.2 Å². The molecule has 2 fully saturated rings. The number of benzene rings is 1. The van der Waals surface area contributed by atoms with Gasteiger partial charge in [0.1, 0.15) is 6.04 Å². The Balaban J connectivity index is 1.65. The quantitative estimate of drug-likeness (QED) is 0.876. The van der Waals surface area contributed by atoms with Crippen molar-refractivity contribution in [1.29, 1.82) is 0 Å². The van der Waals surface area contributed by atoms with Crippen molar-refractivity contribution >= 4 is 23.7 Å². The van der Waals surface area contributed by atoms with E-state index in [9.17, 15) is 14.4 Å². The van der Waals surface area contributed by atoms with Crippen molar-refractivity contribution in [3.05, 3.63) is 29.8 Å². The number of amides is 2. The second-order valence-electron chi connectivity index (χ2n) is 6.41. The van der Waals surface area contributed by atoms with Gasteiger partial charge in [-0.1, -0.05) is 12.1 Å². The first-order chi connectivity index (χ1) is 11.5. The Hall–Kier alpha value is -2.57. The fraction of sp³-hybridized carbons (Fsp3) is 0.471. The van der Waals surface area contributed by atoms with Crippen LogP contribution < -0.4 is 4.90 Å². The van der Waals surface area contributed by atoms with Gasteiger partial charge in [0.2, 0.25) is 5.91 Å². The molecule has 1 unspecified atom stereocenters. The Morgan fingerprint density at radius 3 is 2.38 bits per heavy atom. The maximum absolute atomic E-state index is 11.7. The van der Waals surface area contributed by atoms with Crippen LogP contribution in [0.4, 0.5) is 10.5 Å². The van der Waals surface area contributed by atoms with Crippen LogP contribution in [0.1, 0.15) is 24.8 Å². The molecule has 1 aromatic carbocycles. The summed E-state index contributed by atoms with van der Waals surface area (Å²) in [6, 6.07) is 6.70. The zero-order valence-corrected chi connectivity index (χ0v) is 13.2. The average molecular weight is 332 g/mol. The third kappa shape index (κ3) is 3.20. The number of carbonyl (C=O) groups is 3. The van der Waals surface area contributed by atoms with Crippen LogP contribution in [0.3, 0.4) is 0 Å². The molecule has 2 amide bonds. The number of carboxylic acids is 1. The van der Waals surface area contributed by atoms with Gasteiger partial charge in [0.25, 0.3) is 0 Å². The van der Waals surface area contributed by atoms with Crippen LogP contribution in [0, 0.1) is 5.92 Å². The number of likely N-dealkylation sites (tertiary alicyclic amines) is 1. The molecule has 0 saturated carbocycles. The second-order valence-corrected chi connectivity index (χ2v) is 6.41. The molecule has 1 aromatic rings. The SMILES string of the molecule is O=C(O)[C@@H]1CC(Cc2ccc(N3CCCC3=O)cc2)CN1C(=O)O. The van der Waals surface area contributed by atoms with Crippen molar-refractivity contribution in [2.24, 2.45) is 5.92 Å². The molecule has 2 heterocycles. The van der Waals surface area contributed by atoms with E-state index < -0.39 is 18.1 Å². The molecule has 2 aliphatic heterocycles. The molecule has 2 atom stereocenters. The van der Waals surface area contributed by atoms with Crippen molar-refractivity contribution in [2.75, 3.05) is 18.0 Å². The van der Waals surface area contributed by atoms with E-state index in [1.165, 1.54) is 0 Å². The van der Waals surface area contributed by atoms with Crippen molar-refractivity contribution in [3.63, 3.8) is 0 Å². The predicted molar refractivity (Wildman–Crippen MR) is 86.0 cm³/mol. The monoisotopic (exact) mass is 332 g/mol. The highest BCUT2D eigenvalue weighted by Gasteiger charge is 2.39. The lowest BCUT2D eigenvalue weighted by Crippen LogP contribution is -2.39. The Kier molecular flexibility index (Phi) is 4.42. The summed E-state index contributed by atoms with van der Waals surface area (Å²) in [5, 5.41) is 18.3. The number of anilines is 1. The predicted octanol–water partition coefficient (Wildman–Crippen LogP) is 1.81. The van der Waals surface area contributed by atoms with E-state index in [0.717, 1.165) is 29.1 Å². The zero-order chi connectivity index (χ0) is 17.3. The highest BCUT2D eigenvalue weighted by molar-refractivity contribution is 5.95. The normalized spacial score (nSPS) is 23.8. The lowest BCUT2D eigenvalue weighted by atomic mass is 9.96. The molecule has 3 rings (SSSR count). The smallest absolute Gasteiger partial charge is 0.408 e. The molecule has 128 valence electrons. The van der Waals surface area contributed by atoms with Crippen LogP contribution in [-0.4, -0.2) is 52.2 Å². The highest BCUT2D eigenvalue weighted by Crippen LogP contribution is 2.28. The van der Waals surface area contributed by atoms with Gasteiger partial charge in [0, 0.05) is 25.2 Å². The van der Waals surface area contributed by atoms with E-state index in [1.54, 1.807) is 4.90 Å². The molecule has 0 aromatic heterocycles. The Labute approximate surface area is 139 Å². The van der Waals surface area contributed by atoms with Gasteiger partial charge in [-0.15, -0.1) is 0 Å². The minimum absolute atomic E-state index is 0.0125. The Morgan fingerprint density at radius 1 is 1.17 bits per heavy atom. The van der Waals surface area contributed by atoms with Crippen LogP contribution in [0.5, 0.6) is 0 Å². The summed E-state index contributed by atoms with van der Waals surface area (Å²) < 4.78 is 0. The largest absolute Gasteiger partial charge is 0.480 e. The van der Waals surface area contributed by atoms with Crippen molar-refractivity contribution < 1.29 is 24.6 Å². The van der Waals surface area contributed by atoms with Gasteiger partial charge in [-0.3, -0.25) is 9.69 Å². The first kappa shape index (κ1) is 16.3. The third-order valence-electron chi connectivity index (χ3n) is 4.76. The number of aliphatic carboxylic acids is 1. The summed E-state index contributed by atoms with van der Waals surface area (Å²) >= 11 is 0. The second kappa shape index (κ2) is 6.51. The lowest BCUT2D eigenvalue weighted by Gasteiger charge is -2.17. The van der Waals surface area contributed by atoms with E-state index >= 15 is 0 Å². The van der Waals surface area contributed by atoms with Crippen LogP contribution >= 0.6 is 0 Å². The van der Waals surface area contributed by atoms with Gasteiger partial charge in [-0.2, -0.15) is 0 Å². The summed E-state index contributed by atoms with van der Waals surface area (Å²) in [6.07, 6.45) is 1.23. The fourth-order valence-electron chi connectivity index (χ4n) is 3.58. The van der Waals surface area contributed by atoms with Crippen LogP contribution in [-0.2, 0) is 16.0 Å². The van der Waals surface area contributed by atoms with Crippen LogP contribution in [0.25, 0.3) is 0 Å². The van der Waals surface area contributed by atoms with E-state index in [1.807, 2.05) is 24.3 Å². The molecule has 7 nitrogen and oxygen atoms in total. The molecule has 0 aliphatic carbocycles. The number of carboxylic acid groups (broad SMARTS) is 2. The Bertz CT molecular complexity index is 635. The number of nitrogens with zero attached hydrogens (tertiary/aromatic N) is 2. The van der Waals surface area contributed by atoms with Crippen molar-refractivity contribution in [3.8, 4) is 0 Å². The minimum Gasteiger partial charge on any atom is -0.480 e. The maximum atomic E-state index is 11.7. The van der Waals surface area contributed by atoms with Gasteiger partial charge in [0.05, 0.1) is 0 Å². The van der Waals surface area contributed by atoms with Crippen LogP contribution in [0.2, 0.25) is 0 Å². The topological polar surface area (TPSA) is 98.2 Å². The summed E-state index contributed by atoms with van der Waals surface area (Å²) in [6.45, 7) is 0.979. The summed E-state index contributed by atoms with van der Waals surface area (Å²) in [5.74, 6) is -0.968. The van der Waals surface area contributed by atoms with Gasteiger partial charge in [0.15, 0.2) is 0 Å². The van der Waals surface area contributed by atoms with E-state index in [-0.39, 0.29) is 18.4 Å². The van der Waals surface area contributed by atoms with Gasteiger partial charge in [-0.05, 0) is 42.9 Å². The molecular formula is C17H20N2O5. The molecule has 0 spiro atoms. The molecule has 0 bridgehead atoms. The Morgan fingerprint density at radius 2 is 1.88 bits per heavy atom. The maximum Gasteiger partial charge on any atom is 0.408 e. The highest BCUT2D eigenvalue weighted by atomic mass is 16.4. The molecule has 2 N–H and O–H groups in total. The molecule has 7 heteroatoms. The first-order valence-corrected chi connectivity index (χ1v) is 8.07. The third-order valence-corrected chi connectivity index (χ3v) is 4.76. The summed E-state index contributed by atoms with van der Waals surface area (Å²) in [4.78, 5) is 36.9. The number of hydrogen-bond donors (Lipinski definition) is 2. The molecule has 24 heavy (non-hydrogen) atoms. The van der Waals surface area contributed by atoms with Gasteiger partial charge in [-0.25, -0.2) is 9.59 Å². The van der Waals surface area contributed by atoms with Crippen LogP contribution in [0.15, 0.2) is 24.3 Å². The lowest BCUT2D eigenvalue weighted by molar-refractivity contribution is -0.141. The molecule has 2 aliphatic rings. The number of hydrogen-bond acceptors (Lipinski definition) is 3. The standard InChI is InChI=1S/C17H20N2O5/c20-15-2-1-7-18(15)13-5-3-11(4-6-13)8-12-9-14(16(21)22)19(10-12)17(23)24/h3-6,12,14H,1-2,7-10H2,(H,21,22)(H,23,24)/t12?,14-/m0/s1. The van der Waals surface area contributed by atoms with Gasteiger partial charge < -0.3 is 15.1 Å². The number of rotatable bonds is 4. The minimum atomic E-state index is -1.19.